The molecule has 2 rings (SSSR count). The third kappa shape index (κ3) is 3.20. The van der Waals surface area contributed by atoms with Gasteiger partial charge >= 0.3 is 0 Å². The van der Waals surface area contributed by atoms with Gasteiger partial charge in [-0.05, 0) is 58.8 Å². The molecule has 0 unspecified atom stereocenters. The molecule has 0 aliphatic rings. The third-order valence-electron chi connectivity index (χ3n) is 2.25. The van der Waals surface area contributed by atoms with Crippen molar-refractivity contribution in [1.29, 1.82) is 0 Å². The second kappa shape index (κ2) is 5.30. The number of nitrogens with zero attached hydrogens (tertiary/aromatic N) is 1. The second-order valence-corrected chi connectivity index (χ2v) is 4.98. The number of hydrogen-bond donors (Lipinski definition) is 1. The molecule has 0 radical (unpaired) electrons. The molecule has 0 bridgehead atoms. The van der Waals surface area contributed by atoms with Crippen molar-refractivity contribution in [2.75, 3.05) is 5.32 Å². The Labute approximate surface area is 109 Å². The summed E-state index contributed by atoms with van der Waals surface area (Å²) >= 11 is 2.31. The van der Waals surface area contributed by atoms with Crippen LogP contribution >= 0.6 is 22.6 Å². The summed E-state index contributed by atoms with van der Waals surface area (Å²) in [5, 5.41) is 3.38. The minimum atomic E-state index is 0.814. The van der Waals surface area contributed by atoms with Crippen molar-refractivity contribution < 1.29 is 0 Å². The van der Waals surface area contributed by atoms with Gasteiger partial charge in [0, 0.05) is 28.2 Å². The summed E-state index contributed by atoms with van der Waals surface area (Å²) in [4.78, 5) is 4.17. The van der Waals surface area contributed by atoms with Gasteiger partial charge in [0.1, 0.15) is 0 Å². The van der Waals surface area contributed by atoms with E-state index in [0.29, 0.717) is 0 Å². The molecule has 0 spiro atoms. The second-order valence-electron chi connectivity index (χ2n) is 3.73. The van der Waals surface area contributed by atoms with Crippen LogP contribution in [0.3, 0.4) is 0 Å². The van der Waals surface area contributed by atoms with Crippen LogP contribution in [0.1, 0.15) is 11.1 Å². The van der Waals surface area contributed by atoms with Crippen molar-refractivity contribution in [3.63, 3.8) is 0 Å². The normalized spacial score (nSPS) is 10.1. The first-order chi connectivity index (χ1) is 7.74. The molecule has 0 amide bonds. The summed E-state index contributed by atoms with van der Waals surface area (Å²) in [6.07, 6.45) is 3.77. The smallest absolute Gasteiger partial charge is 0.0416 e. The number of nitrogens with one attached hydrogen (secondary N) is 1. The van der Waals surface area contributed by atoms with Crippen molar-refractivity contribution in [1.82, 2.24) is 4.98 Å². The zero-order valence-corrected chi connectivity index (χ0v) is 11.2. The van der Waals surface area contributed by atoms with Crippen LogP contribution in [-0.2, 0) is 6.54 Å². The molecule has 1 heterocycles. The molecule has 0 saturated carbocycles. The lowest BCUT2D eigenvalue weighted by Crippen LogP contribution is -2.00. The first-order valence-corrected chi connectivity index (χ1v) is 6.22. The van der Waals surface area contributed by atoms with E-state index in [1.807, 2.05) is 12.4 Å². The molecular formula is C13H13IN2. The molecule has 0 saturated heterocycles. The Morgan fingerprint density at radius 3 is 2.88 bits per heavy atom. The number of aromatic nitrogens is 1. The van der Waals surface area contributed by atoms with Crippen molar-refractivity contribution in [3.05, 3.63) is 57.4 Å². The van der Waals surface area contributed by atoms with Crippen molar-refractivity contribution in [2.24, 2.45) is 0 Å². The standard InChI is InChI=1S/C13H13IN2/c1-10-5-11(8-15-7-10)9-16-13-4-2-3-12(14)6-13/h2-8,16H,9H2,1H3. The van der Waals surface area contributed by atoms with Crippen LogP contribution in [0.25, 0.3) is 0 Å². The maximum Gasteiger partial charge on any atom is 0.0416 e. The first kappa shape index (κ1) is 11.4. The number of halogens is 1. The highest BCUT2D eigenvalue weighted by molar-refractivity contribution is 14.1. The summed E-state index contributed by atoms with van der Waals surface area (Å²) in [7, 11) is 0. The summed E-state index contributed by atoms with van der Waals surface area (Å²) in [6, 6.07) is 10.5. The van der Waals surface area contributed by atoms with Gasteiger partial charge in [-0.25, -0.2) is 0 Å². The summed E-state index contributed by atoms with van der Waals surface area (Å²) in [6.45, 7) is 2.87. The fourth-order valence-electron chi connectivity index (χ4n) is 1.52. The van der Waals surface area contributed by atoms with E-state index in [9.17, 15) is 0 Å². The lowest BCUT2D eigenvalue weighted by molar-refractivity contribution is 1.10. The van der Waals surface area contributed by atoms with Crippen LogP contribution in [0.15, 0.2) is 42.7 Å². The molecule has 1 aromatic heterocycles. The predicted molar refractivity (Wildman–Crippen MR) is 75.5 cm³/mol. The Kier molecular flexibility index (Phi) is 3.77. The van der Waals surface area contributed by atoms with Crippen LogP contribution in [0.5, 0.6) is 0 Å². The Morgan fingerprint density at radius 1 is 1.25 bits per heavy atom. The molecule has 0 aliphatic heterocycles. The Balaban J connectivity index is 2.02. The van der Waals surface area contributed by atoms with Gasteiger partial charge in [0.05, 0.1) is 0 Å². The van der Waals surface area contributed by atoms with Crippen molar-refractivity contribution in [2.45, 2.75) is 13.5 Å². The predicted octanol–water partition coefficient (Wildman–Crippen LogP) is 3.61. The third-order valence-corrected chi connectivity index (χ3v) is 2.92. The van der Waals surface area contributed by atoms with Gasteiger partial charge in [0.15, 0.2) is 0 Å². The molecule has 2 aromatic rings. The van der Waals surface area contributed by atoms with Gasteiger partial charge in [-0.3, -0.25) is 4.98 Å². The van der Waals surface area contributed by atoms with Crippen LogP contribution < -0.4 is 5.32 Å². The number of anilines is 1. The molecule has 0 fully saturated rings. The van der Waals surface area contributed by atoms with E-state index in [2.05, 4.69) is 70.1 Å². The van der Waals surface area contributed by atoms with E-state index < -0.39 is 0 Å². The van der Waals surface area contributed by atoms with Crippen LogP contribution in [0.2, 0.25) is 0 Å². The van der Waals surface area contributed by atoms with Crippen LogP contribution in [0, 0.1) is 10.5 Å². The van der Waals surface area contributed by atoms with Gasteiger partial charge in [0.2, 0.25) is 0 Å². The number of benzene rings is 1. The number of hydrogen-bond acceptors (Lipinski definition) is 2. The van der Waals surface area contributed by atoms with Crippen LogP contribution in [0.4, 0.5) is 5.69 Å². The van der Waals surface area contributed by atoms with E-state index in [4.69, 9.17) is 0 Å². The van der Waals surface area contributed by atoms with Crippen molar-refractivity contribution in [3.8, 4) is 0 Å². The highest BCUT2D eigenvalue weighted by atomic mass is 127. The SMILES string of the molecule is Cc1cncc(CNc2cccc(I)c2)c1. The summed E-state index contributed by atoms with van der Waals surface area (Å²) in [5.74, 6) is 0. The van der Waals surface area contributed by atoms with Gasteiger partial charge in [-0.15, -0.1) is 0 Å². The molecule has 2 nitrogen and oxygen atoms in total. The maximum atomic E-state index is 4.17. The topological polar surface area (TPSA) is 24.9 Å². The fraction of sp³-hybridized carbons (Fsp3) is 0.154. The molecule has 16 heavy (non-hydrogen) atoms. The van der Waals surface area contributed by atoms with Gasteiger partial charge < -0.3 is 5.32 Å². The van der Waals surface area contributed by atoms with E-state index in [1.165, 1.54) is 14.7 Å². The molecule has 0 atom stereocenters. The minimum absolute atomic E-state index is 0.814. The zero-order valence-electron chi connectivity index (χ0n) is 9.07. The number of aryl methyl sites for hydroxylation is 1. The Bertz CT molecular complexity index is 437. The lowest BCUT2D eigenvalue weighted by atomic mass is 10.2. The fourth-order valence-corrected chi connectivity index (χ4v) is 2.06. The Hall–Kier alpha value is -1.10. The maximum absolute atomic E-state index is 4.17. The average Bonchev–Trinajstić information content (AvgIpc) is 2.27. The average molecular weight is 324 g/mol. The van der Waals surface area contributed by atoms with E-state index >= 15 is 0 Å². The zero-order chi connectivity index (χ0) is 11.4. The first-order valence-electron chi connectivity index (χ1n) is 5.14. The van der Waals surface area contributed by atoms with E-state index in [1.54, 1.807) is 0 Å². The van der Waals surface area contributed by atoms with Gasteiger partial charge in [0.25, 0.3) is 0 Å². The molecule has 82 valence electrons. The monoisotopic (exact) mass is 324 g/mol. The molecule has 0 aliphatic carbocycles. The Morgan fingerprint density at radius 2 is 2.12 bits per heavy atom. The highest BCUT2D eigenvalue weighted by Gasteiger charge is 1.95. The quantitative estimate of drug-likeness (QED) is 0.873. The largest absolute Gasteiger partial charge is 0.381 e. The summed E-state index contributed by atoms with van der Waals surface area (Å²) < 4.78 is 1.24. The molecule has 1 N–H and O–H groups in total. The minimum Gasteiger partial charge on any atom is -0.381 e. The molecule has 1 aromatic carbocycles. The van der Waals surface area contributed by atoms with Gasteiger partial charge in [-0.2, -0.15) is 0 Å². The highest BCUT2D eigenvalue weighted by Crippen LogP contribution is 2.13. The van der Waals surface area contributed by atoms with Crippen LogP contribution in [-0.4, -0.2) is 4.98 Å². The van der Waals surface area contributed by atoms with E-state index in [-0.39, 0.29) is 0 Å². The molecular weight excluding hydrogens is 311 g/mol. The van der Waals surface area contributed by atoms with Gasteiger partial charge in [-0.1, -0.05) is 12.1 Å². The lowest BCUT2D eigenvalue weighted by Gasteiger charge is -2.07. The van der Waals surface area contributed by atoms with Crippen molar-refractivity contribution >= 4 is 28.3 Å². The summed E-state index contributed by atoms with van der Waals surface area (Å²) in [5.41, 5.74) is 3.55. The number of pyridine rings is 1. The molecule has 3 heteroatoms. The van der Waals surface area contributed by atoms with E-state index in [0.717, 1.165) is 12.2 Å². The number of rotatable bonds is 3.